The van der Waals surface area contributed by atoms with Crippen LogP contribution in [0.3, 0.4) is 0 Å². The molecule has 1 atom stereocenters. The van der Waals surface area contributed by atoms with Gasteiger partial charge in [0, 0.05) is 36.9 Å². The lowest BCUT2D eigenvalue weighted by Gasteiger charge is -2.15. The first-order valence-corrected chi connectivity index (χ1v) is 7.91. The van der Waals surface area contributed by atoms with Crippen molar-refractivity contribution < 1.29 is 9.59 Å². The van der Waals surface area contributed by atoms with E-state index in [-0.39, 0.29) is 11.9 Å². The molecule has 22 heavy (non-hydrogen) atoms. The van der Waals surface area contributed by atoms with Gasteiger partial charge in [-0.05, 0) is 50.1 Å². The van der Waals surface area contributed by atoms with Crippen LogP contribution in [0.2, 0.25) is 0 Å². The highest BCUT2D eigenvalue weighted by Crippen LogP contribution is 2.20. The minimum atomic E-state index is -0.0687. The zero-order chi connectivity index (χ0) is 15.4. The Morgan fingerprint density at radius 2 is 2.09 bits per heavy atom. The van der Waals surface area contributed by atoms with E-state index in [1.165, 1.54) is 12.8 Å². The zero-order valence-electron chi connectivity index (χ0n) is 12.6. The summed E-state index contributed by atoms with van der Waals surface area (Å²) in [5, 5.41) is 9.07. The molecule has 1 aromatic carbocycles. The molecular weight excluding hydrogens is 280 g/mol. The van der Waals surface area contributed by atoms with Crippen LogP contribution in [0.4, 0.5) is 16.2 Å². The van der Waals surface area contributed by atoms with Gasteiger partial charge in [-0.15, -0.1) is 0 Å². The summed E-state index contributed by atoms with van der Waals surface area (Å²) in [6.07, 6.45) is 3.80. The number of nitrogens with zero attached hydrogens (tertiary/aromatic N) is 1. The molecule has 2 fully saturated rings. The Kier molecular flexibility index (Phi) is 4.58. The Labute approximate surface area is 130 Å². The molecular formula is C16H22N4O2. The van der Waals surface area contributed by atoms with Crippen molar-refractivity contribution in [3.8, 4) is 0 Å². The fourth-order valence-corrected chi connectivity index (χ4v) is 2.97. The van der Waals surface area contributed by atoms with Crippen LogP contribution in [-0.4, -0.2) is 37.6 Å². The van der Waals surface area contributed by atoms with Gasteiger partial charge in [0.25, 0.3) is 0 Å². The van der Waals surface area contributed by atoms with Gasteiger partial charge in [-0.2, -0.15) is 0 Å². The molecule has 2 heterocycles. The molecule has 3 N–H and O–H groups in total. The third kappa shape index (κ3) is 3.57. The van der Waals surface area contributed by atoms with Crippen molar-refractivity contribution in [1.29, 1.82) is 0 Å². The summed E-state index contributed by atoms with van der Waals surface area (Å²) in [6, 6.07) is 7.82. The molecule has 1 aromatic rings. The summed E-state index contributed by atoms with van der Waals surface area (Å²) in [7, 11) is 0. The molecule has 2 saturated heterocycles. The maximum atomic E-state index is 11.9. The van der Waals surface area contributed by atoms with Gasteiger partial charge in [0.1, 0.15) is 0 Å². The Bertz CT molecular complexity index is 538. The maximum absolute atomic E-state index is 11.9. The van der Waals surface area contributed by atoms with E-state index in [0.29, 0.717) is 25.6 Å². The number of rotatable bonds is 5. The third-order valence-corrected chi connectivity index (χ3v) is 4.20. The Hall–Kier alpha value is -2.08. The molecule has 2 aliphatic rings. The molecule has 0 aromatic heterocycles. The first kappa shape index (κ1) is 14.8. The second-order valence-corrected chi connectivity index (χ2v) is 5.81. The van der Waals surface area contributed by atoms with Crippen molar-refractivity contribution in [2.45, 2.75) is 31.7 Å². The van der Waals surface area contributed by atoms with Crippen LogP contribution in [0.1, 0.15) is 25.7 Å². The Morgan fingerprint density at radius 3 is 2.73 bits per heavy atom. The van der Waals surface area contributed by atoms with E-state index < -0.39 is 0 Å². The van der Waals surface area contributed by atoms with Crippen molar-refractivity contribution in [3.63, 3.8) is 0 Å². The highest BCUT2D eigenvalue weighted by molar-refractivity contribution is 5.95. The number of nitrogens with one attached hydrogen (secondary N) is 3. The number of carbonyl (C=O) groups excluding carboxylic acids is 2. The van der Waals surface area contributed by atoms with Gasteiger partial charge in [0.15, 0.2) is 0 Å². The van der Waals surface area contributed by atoms with Crippen molar-refractivity contribution in [2.24, 2.45) is 0 Å². The highest BCUT2D eigenvalue weighted by Gasteiger charge is 2.21. The van der Waals surface area contributed by atoms with Crippen LogP contribution < -0.4 is 20.9 Å². The zero-order valence-corrected chi connectivity index (χ0v) is 12.6. The van der Waals surface area contributed by atoms with Gasteiger partial charge < -0.3 is 16.0 Å². The van der Waals surface area contributed by atoms with Crippen LogP contribution in [0.5, 0.6) is 0 Å². The average molecular weight is 302 g/mol. The lowest BCUT2D eigenvalue weighted by atomic mass is 10.1. The Morgan fingerprint density at radius 1 is 1.27 bits per heavy atom. The van der Waals surface area contributed by atoms with Gasteiger partial charge in [0.05, 0.1) is 0 Å². The molecule has 0 saturated carbocycles. The highest BCUT2D eigenvalue weighted by atomic mass is 16.2. The van der Waals surface area contributed by atoms with E-state index in [0.717, 1.165) is 24.3 Å². The summed E-state index contributed by atoms with van der Waals surface area (Å²) >= 11 is 0. The molecule has 0 radical (unpaired) electrons. The number of hydrogen-bond donors (Lipinski definition) is 3. The van der Waals surface area contributed by atoms with Gasteiger partial charge in [-0.3, -0.25) is 9.69 Å². The van der Waals surface area contributed by atoms with Gasteiger partial charge in [-0.25, -0.2) is 4.79 Å². The van der Waals surface area contributed by atoms with Crippen LogP contribution in [0.25, 0.3) is 0 Å². The Balaban J connectivity index is 1.49. The van der Waals surface area contributed by atoms with E-state index in [9.17, 15) is 9.59 Å². The topological polar surface area (TPSA) is 73.5 Å². The van der Waals surface area contributed by atoms with Gasteiger partial charge in [-0.1, -0.05) is 0 Å². The first-order valence-electron chi connectivity index (χ1n) is 7.91. The fourth-order valence-electron chi connectivity index (χ4n) is 2.97. The lowest BCUT2D eigenvalue weighted by molar-refractivity contribution is -0.116. The van der Waals surface area contributed by atoms with Gasteiger partial charge >= 0.3 is 6.03 Å². The van der Waals surface area contributed by atoms with Crippen molar-refractivity contribution in [3.05, 3.63) is 24.3 Å². The summed E-state index contributed by atoms with van der Waals surface area (Å²) < 4.78 is 0. The normalized spacial score (nSPS) is 21.0. The molecule has 3 rings (SSSR count). The molecule has 6 heteroatoms. The molecule has 0 spiro atoms. The van der Waals surface area contributed by atoms with Crippen LogP contribution in [0.15, 0.2) is 24.3 Å². The van der Waals surface area contributed by atoms with Crippen LogP contribution in [-0.2, 0) is 4.79 Å². The van der Waals surface area contributed by atoms with Gasteiger partial charge in [0.2, 0.25) is 5.91 Å². The summed E-state index contributed by atoms with van der Waals surface area (Å²) in [5.41, 5.74) is 1.62. The second-order valence-electron chi connectivity index (χ2n) is 5.81. The molecule has 0 aliphatic carbocycles. The molecule has 3 amide bonds. The largest absolute Gasteiger partial charge is 0.336 e. The smallest absolute Gasteiger partial charge is 0.321 e. The maximum Gasteiger partial charge on any atom is 0.321 e. The SMILES string of the molecule is O=C(CCC1CCCN1)Nc1ccc(N2CCNC2=O)cc1. The number of anilines is 2. The van der Waals surface area contributed by atoms with E-state index in [1.54, 1.807) is 4.90 Å². The predicted octanol–water partition coefficient (Wildman–Crippen LogP) is 1.69. The molecule has 6 nitrogen and oxygen atoms in total. The molecule has 1 unspecified atom stereocenters. The standard InChI is InChI=1S/C16H22N4O2/c21-15(8-5-12-2-1-9-17-12)19-13-3-6-14(7-4-13)20-11-10-18-16(20)22/h3-4,6-7,12,17H,1-2,5,8-11H2,(H,18,22)(H,19,21). The monoisotopic (exact) mass is 302 g/mol. The fraction of sp³-hybridized carbons (Fsp3) is 0.500. The molecule has 0 bridgehead atoms. The lowest BCUT2D eigenvalue weighted by Crippen LogP contribution is -2.27. The number of urea groups is 1. The predicted molar refractivity (Wildman–Crippen MR) is 86.1 cm³/mol. The van der Waals surface area contributed by atoms with E-state index in [1.807, 2.05) is 24.3 Å². The molecule has 118 valence electrons. The van der Waals surface area contributed by atoms with Crippen molar-refractivity contribution >= 4 is 23.3 Å². The van der Waals surface area contributed by atoms with E-state index in [2.05, 4.69) is 16.0 Å². The number of carbonyl (C=O) groups is 2. The summed E-state index contributed by atoms with van der Waals surface area (Å²) in [6.45, 7) is 2.42. The second kappa shape index (κ2) is 6.79. The van der Waals surface area contributed by atoms with Crippen molar-refractivity contribution in [1.82, 2.24) is 10.6 Å². The van der Waals surface area contributed by atoms with E-state index >= 15 is 0 Å². The number of amides is 3. The summed E-state index contributed by atoms with van der Waals surface area (Å²) in [4.78, 5) is 25.2. The molecule has 2 aliphatic heterocycles. The van der Waals surface area contributed by atoms with Crippen LogP contribution in [0, 0.1) is 0 Å². The minimum Gasteiger partial charge on any atom is -0.336 e. The average Bonchev–Trinajstić information content (AvgIpc) is 3.17. The van der Waals surface area contributed by atoms with E-state index in [4.69, 9.17) is 0 Å². The summed E-state index contributed by atoms with van der Waals surface area (Å²) in [5.74, 6) is 0.0420. The van der Waals surface area contributed by atoms with Crippen molar-refractivity contribution in [2.75, 3.05) is 29.9 Å². The third-order valence-electron chi connectivity index (χ3n) is 4.20. The number of hydrogen-bond acceptors (Lipinski definition) is 3. The quantitative estimate of drug-likeness (QED) is 0.775. The minimum absolute atomic E-state index is 0.0420. The number of benzene rings is 1. The first-order chi connectivity index (χ1) is 10.7. The van der Waals surface area contributed by atoms with Crippen LogP contribution >= 0.6 is 0 Å².